The van der Waals surface area contributed by atoms with Gasteiger partial charge in [0.15, 0.2) is 5.69 Å². The Morgan fingerprint density at radius 1 is 1.16 bits per heavy atom. The molecule has 1 unspecified atom stereocenters. The van der Waals surface area contributed by atoms with E-state index in [1.807, 2.05) is 57.1 Å². The number of hydrogen-bond donors (Lipinski definition) is 2. The van der Waals surface area contributed by atoms with Crippen LogP contribution >= 0.6 is 23.5 Å². The number of pyridine rings is 2. The van der Waals surface area contributed by atoms with Crippen LogP contribution in [-0.4, -0.2) is 45.8 Å². The maximum atomic E-state index is 13.4. The van der Waals surface area contributed by atoms with Gasteiger partial charge in [-0.15, -0.1) is 0 Å². The van der Waals surface area contributed by atoms with Crippen LogP contribution in [0.25, 0.3) is 22.3 Å². The lowest BCUT2D eigenvalue weighted by Gasteiger charge is -2.20. The number of carbonyl (C=O) groups is 1. The largest absolute Gasteiger partial charge is 0.377 e. The summed E-state index contributed by atoms with van der Waals surface area (Å²) in [5.41, 5.74) is 3.61. The number of nitrogens with zero attached hydrogens (tertiary/aromatic N) is 5. The Morgan fingerprint density at radius 2 is 1.92 bits per heavy atom. The molecular weight excluding hydrogens is 510 g/mol. The molecule has 3 aromatic heterocycles. The summed E-state index contributed by atoms with van der Waals surface area (Å²) in [5, 5.41) is 4.10. The number of aryl methyl sites for hydroxylation is 1. The van der Waals surface area contributed by atoms with E-state index in [4.69, 9.17) is 16.6 Å². The third-order valence-corrected chi connectivity index (χ3v) is 6.53. The Kier molecular flexibility index (Phi) is 7.70. The molecule has 4 aromatic rings. The Labute approximate surface area is 224 Å². The minimum Gasteiger partial charge on any atom is -0.377 e. The van der Waals surface area contributed by atoms with Crippen LogP contribution in [0, 0.1) is 6.92 Å². The fourth-order valence-corrected chi connectivity index (χ4v) is 4.53. The molecular formula is C26H28ClN7O2S. The summed E-state index contributed by atoms with van der Waals surface area (Å²) in [5.74, 6) is 0.962. The second-order valence-corrected chi connectivity index (χ2v) is 9.88. The van der Waals surface area contributed by atoms with Crippen molar-refractivity contribution in [3.05, 3.63) is 74.9 Å². The summed E-state index contributed by atoms with van der Waals surface area (Å²) >= 11 is 7.25. The van der Waals surface area contributed by atoms with Crippen LogP contribution in [0.5, 0.6) is 0 Å². The van der Waals surface area contributed by atoms with E-state index >= 15 is 0 Å². The van der Waals surface area contributed by atoms with Crippen molar-refractivity contribution in [3.63, 3.8) is 0 Å². The van der Waals surface area contributed by atoms with Gasteiger partial charge in [-0.05, 0) is 49.7 Å². The molecule has 1 atom stereocenters. The number of amides is 1. The van der Waals surface area contributed by atoms with E-state index in [2.05, 4.69) is 20.0 Å². The van der Waals surface area contributed by atoms with Gasteiger partial charge in [0.25, 0.3) is 11.5 Å². The smallest absolute Gasteiger partial charge is 0.281 e. The zero-order valence-electron chi connectivity index (χ0n) is 21.5. The van der Waals surface area contributed by atoms with E-state index in [0.717, 1.165) is 22.5 Å². The quantitative estimate of drug-likeness (QED) is 0.260. The second-order valence-electron chi connectivity index (χ2n) is 8.88. The predicted octanol–water partition coefficient (Wildman–Crippen LogP) is 4.60. The highest BCUT2D eigenvalue weighted by Gasteiger charge is 2.20. The van der Waals surface area contributed by atoms with Gasteiger partial charge in [-0.2, -0.15) is 0 Å². The van der Waals surface area contributed by atoms with Gasteiger partial charge in [-0.1, -0.05) is 29.6 Å². The molecule has 4 rings (SSSR count). The minimum atomic E-state index is -0.359. The molecule has 37 heavy (non-hydrogen) atoms. The molecule has 0 aliphatic rings. The van der Waals surface area contributed by atoms with Crippen LogP contribution in [0.15, 0.2) is 47.4 Å². The number of hydrogen-bond acceptors (Lipinski definition) is 8. The molecule has 1 aromatic carbocycles. The van der Waals surface area contributed by atoms with E-state index in [1.54, 1.807) is 36.2 Å². The van der Waals surface area contributed by atoms with Gasteiger partial charge < -0.3 is 10.2 Å². The van der Waals surface area contributed by atoms with Gasteiger partial charge >= 0.3 is 0 Å². The van der Waals surface area contributed by atoms with Gasteiger partial charge in [-0.25, -0.2) is 15.0 Å². The van der Waals surface area contributed by atoms with Crippen LogP contribution in [0.3, 0.4) is 0 Å². The Bertz CT molecular complexity index is 1540. The molecule has 0 fully saturated rings. The highest BCUT2D eigenvalue weighted by Crippen LogP contribution is 2.29. The average molecular weight is 538 g/mol. The molecule has 3 heterocycles. The number of halogens is 1. The summed E-state index contributed by atoms with van der Waals surface area (Å²) in [6, 6.07) is 10.7. The van der Waals surface area contributed by atoms with Crippen molar-refractivity contribution in [3.8, 4) is 11.4 Å². The predicted molar refractivity (Wildman–Crippen MR) is 152 cm³/mol. The zero-order chi connectivity index (χ0) is 26.9. The van der Waals surface area contributed by atoms with E-state index in [1.165, 1.54) is 11.9 Å². The Morgan fingerprint density at radius 3 is 2.57 bits per heavy atom. The van der Waals surface area contributed by atoms with Crippen LogP contribution < -0.4 is 20.5 Å². The number of rotatable bonds is 7. The third kappa shape index (κ3) is 5.40. The van der Waals surface area contributed by atoms with E-state index in [-0.39, 0.29) is 28.4 Å². The van der Waals surface area contributed by atoms with Crippen molar-refractivity contribution in [2.45, 2.75) is 19.9 Å². The number of aromatic nitrogens is 4. The molecule has 1 amide bonds. The molecule has 0 aliphatic carbocycles. The van der Waals surface area contributed by atoms with Crippen LogP contribution in [-0.2, 0) is 7.05 Å². The molecule has 192 valence electrons. The molecule has 0 radical (unpaired) electrons. The average Bonchev–Trinajstić information content (AvgIpc) is 2.87. The van der Waals surface area contributed by atoms with E-state index in [9.17, 15) is 9.59 Å². The van der Waals surface area contributed by atoms with Crippen LogP contribution in [0.4, 0.5) is 11.5 Å². The van der Waals surface area contributed by atoms with Crippen molar-refractivity contribution in [2.24, 2.45) is 7.05 Å². The van der Waals surface area contributed by atoms with Crippen molar-refractivity contribution < 1.29 is 4.79 Å². The summed E-state index contributed by atoms with van der Waals surface area (Å²) < 4.78 is 4.23. The lowest BCUT2D eigenvalue weighted by Crippen LogP contribution is -2.22. The highest BCUT2D eigenvalue weighted by atomic mass is 35.5. The second kappa shape index (κ2) is 10.8. The Hall–Kier alpha value is -3.63. The molecule has 9 nitrogen and oxygen atoms in total. The minimum absolute atomic E-state index is 0.151. The van der Waals surface area contributed by atoms with Gasteiger partial charge in [-0.3, -0.25) is 18.9 Å². The van der Waals surface area contributed by atoms with Crippen molar-refractivity contribution in [1.82, 2.24) is 24.2 Å². The van der Waals surface area contributed by atoms with E-state index < -0.39 is 0 Å². The summed E-state index contributed by atoms with van der Waals surface area (Å²) in [7, 11) is 5.55. The number of carbonyl (C=O) groups excluding carboxylic acids is 1. The maximum Gasteiger partial charge on any atom is 0.281 e. The molecule has 11 heteroatoms. The Balaban J connectivity index is 1.83. The summed E-state index contributed by atoms with van der Waals surface area (Å²) in [6.07, 6.45) is 3.47. The van der Waals surface area contributed by atoms with Crippen molar-refractivity contribution in [1.29, 1.82) is 0 Å². The van der Waals surface area contributed by atoms with Crippen molar-refractivity contribution >= 4 is 51.9 Å². The number of benzene rings is 1. The lowest BCUT2D eigenvalue weighted by atomic mass is 10.0. The van der Waals surface area contributed by atoms with Crippen molar-refractivity contribution in [2.75, 3.05) is 30.6 Å². The third-order valence-electron chi connectivity index (χ3n) is 5.93. The first-order valence-corrected chi connectivity index (χ1v) is 13.1. The first-order valence-electron chi connectivity index (χ1n) is 11.5. The SMILES string of the molecule is CSNC(=O)c1nc(Cl)ccc1NC(C)c1cc(C)cc2c(=O)n(C)c(-c3ccc(N(C)C)nc3)nc12. The standard InChI is InChI=1S/C26H28ClN7O2S/c1-14-11-17(15(2)29-19-8-9-20(27)30-23(19)25(35)32-37-6)22-18(12-14)26(36)34(5)24(31-22)16-7-10-21(28-13-16)33(3)4/h7-13,15,29H,1-6H3,(H,32,35). The fourth-order valence-electron chi connectivity index (χ4n) is 4.10. The highest BCUT2D eigenvalue weighted by molar-refractivity contribution is 7.97. The first kappa shape index (κ1) is 26.4. The molecule has 0 aliphatic heterocycles. The molecule has 0 saturated carbocycles. The fraction of sp³-hybridized carbons (Fsp3) is 0.269. The monoisotopic (exact) mass is 537 g/mol. The van der Waals surface area contributed by atoms with Gasteiger partial charge in [0.2, 0.25) is 0 Å². The van der Waals surface area contributed by atoms with Gasteiger partial charge in [0, 0.05) is 44.7 Å². The number of nitrogens with one attached hydrogen (secondary N) is 2. The lowest BCUT2D eigenvalue weighted by molar-refractivity contribution is 0.0980. The molecule has 2 N–H and O–H groups in total. The summed E-state index contributed by atoms with van der Waals surface area (Å²) in [6.45, 7) is 3.89. The first-order chi connectivity index (χ1) is 17.6. The molecule has 0 saturated heterocycles. The number of fused-ring (bicyclic) bond motifs is 1. The van der Waals surface area contributed by atoms with Crippen LogP contribution in [0.2, 0.25) is 5.15 Å². The maximum absolute atomic E-state index is 13.4. The normalized spacial score (nSPS) is 11.9. The molecule has 0 spiro atoms. The zero-order valence-corrected chi connectivity index (χ0v) is 23.0. The molecule has 0 bridgehead atoms. The van der Waals surface area contributed by atoms with Crippen LogP contribution in [0.1, 0.15) is 34.6 Å². The topological polar surface area (TPSA) is 105 Å². The van der Waals surface area contributed by atoms with E-state index in [0.29, 0.717) is 22.4 Å². The van der Waals surface area contributed by atoms with Gasteiger partial charge in [0.05, 0.1) is 22.6 Å². The summed E-state index contributed by atoms with van der Waals surface area (Å²) in [4.78, 5) is 41.6. The number of anilines is 2. The van der Waals surface area contributed by atoms with Gasteiger partial charge in [0.1, 0.15) is 16.8 Å².